The second kappa shape index (κ2) is 9.74. The molecule has 0 heterocycles. The van der Waals surface area contributed by atoms with Gasteiger partial charge in [-0.05, 0) is 48.7 Å². The van der Waals surface area contributed by atoms with Crippen molar-refractivity contribution in [2.75, 3.05) is 20.3 Å². The zero-order valence-corrected chi connectivity index (χ0v) is 17.7. The molecule has 3 rings (SSSR count). The third-order valence-corrected chi connectivity index (χ3v) is 5.00. The highest BCUT2D eigenvalue weighted by Gasteiger charge is 2.20. The van der Waals surface area contributed by atoms with Crippen molar-refractivity contribution < 1.29 is 19.4 Å². The van der Waals surface area contributed by atoms with Gasteiger partial charge in [0, 0.05) is 12.1 Å². The lowest BCUT2D eigenvalue weighted by Crippen LogP contribution is -2.46. The summed E-state index contributed by atoms with van der Waals surface area (Å²) in [5, 5.41) is 16.2. The third kappa shape index (κ3) is 5.81. The maximum absolute atomic E-state index is 11.8. The average molecular weight is 408 g/mol. The van der Waals surface area contributed by atoms with Crippen LogP contribution in [0.25, 0.3) is 10.8 Å². The van der Waals surface area contributed by atoms with E-state index in [4.69, 9.17) is 9.47 Å². The minimum Gasteiger partial charge on any atom is -0.490 e. The summed E-state index contributed by atoms with van der Waals surface area (Å²) in [6.45, 7) is 4.68. The number of carbonyl (C=O) groups excluding carboxylic acids is 1. The van der Waals surface area contributed by atoms with Crippen LogP contribution in [0.3, 0.4) is 0 Å². The molecule has 2 N–H and O–H groups in total. The standard InChI is InChI=1S/C25H29NO4/c1-25(2,15-18-12-13-19-8-4-5-9-20(19)14-18)26-16-21(27)17-30-23-11-7-6-10-22(23)24(28)29-3/h4-14,21,26-27H,15-17H2,1-3H3. The number of benzene rings is 3. The number of aliphatic hydroxyl groups excluding tert-OH is 1. The zero-order valence-electron chi connectivity index (χ0n) is 17.7. The largest absolute Gasteiger partial charge is 0.490 e. The van der Waals surface area contributed by atoms with Gasteiger partial charge in [0.2, 0.25) is 0 Å². The quantitative estimate of drug-likeness (QED) is 0.525. The molecule has 5 nitrogen and oxygen atoms in total. The summed E-state index contributed by atoms with van der Waals surface area (Å²) in [5.74, 6) is -0.0615. The molecule has 0 saturated carbocycles. The molecule has 1 unspecified atom stereocenters. The normalized spacial score (nSPS) is 12.5. The summed E-state index contributed by atoms with van der Waals surface area (Å²) in [4.78, 5) is 11.8. The van der Waals surface area contributed by atoms with Crippen LogP contribution in [-0.4, -0.2) is 43.0 Å². The molecule has 158 valence electrons. The molecular formula is C25H29NO4. The second-order valence-electron chi connectivity index (χ2n) is 8.08. The minimum atomic E-state index is -0.716. The number of esters is 1. The SMILES string of the molecule is COC(=O)c1ccccc1OCC(O)CNC(C)(C)Cc1ccc2ccccc2c1. The molecule has 5 heteroatoms. The van der Waals surface area contributed by atoms with Crippen molar-refractivity contribution in [2.45, 2.75) is 31.9 Å². The van der Waals surface area contributed by atoms with Gasteiger partial charge in [-0.25, -0.2) is 4.79 Å². The van der Waals surface area contributed by atoms with Gasteiger partial charge in [0.05, 0.1) is 7.11 Å². The summed E-state index contributed by atoms with van der Waals surface area (Å²) in [7, 11) is 1.33. The number of aliphatic hydroxyl groups is 1. The van der Waals surface area contributed by atoms with Gasteiger partial charge < -0.3 is 19.9 Å². The summed E-state index contributed by atoms with van der Waals surface area (Å²) in [6, 6.07) is 21.7. The van der Waals surface area contributed by atoms with E-state index in [9.17, 15) is 9.90 Å². The highest BCUT2D eigenvalue weighted by atomic mass is 16.5. The maximum atomic E-state index is 11.8. The first-order valence-electron chi connectivity index (χ1n) is 10.1. The molecule has 0 aliphatic rings. The first-order chi connectivity index (χ1) is 14.4. The van der Waals surface area contributed by atoms with Crippen LogP contribution in [0.5, 0.6) is 5.75 Å². The van der Waals surface area contributed by atoms with E-state index in [0.717, 1.165) is 6.42 Å². The number of hydrogen-bond acceptors (Lipinski definition) is 5. The lowest BCUT2D eigenvalue weighted by Gasteiger charge is -2.28. The van der Waals surface area contributed by atoms with Crippen molar-refractivity contribution in [1.82, 2.24) is 5.32 Å². The molecule has 3 aromatic rings. The lowest BCUT2D eigenvalue weighted by atomic mass is 9.93. The first-order valence-corrected chi connectivity index (χ1v) is 10.1. The number of fused-ring (bicyclic) bond motifs is 1. The van der Waals surface area contributed by atoms with Crippen molar-refractivity contribution in [3.05, 3.63) is 77.9 Å². The number of carbonyl (C=O) groups is 1. The molecule has 0 aliphatic heterocycles. The van der Waals surface area contributed by atoms with E-state index < -0.39 is 12.1 Å². The van der Waals surface area contributed by atoms with Crippen LogP contribution in [0.2, 0.25) is 0 Å². The Balaban J connectivity index is 1.53. The smallest absolute Gasteiger partial charge is 0.341 e. The van der Waals surface area contributed by atoms with Crippen molar-refractivity contribution in [2.24, 2.45) is 0 Å². The van der Waals surface area contributed by atoms with Gasteiger partial charge in [-0.1, -0.05) is 54.6 Å². The molecule has 0 fully saturated rings. The third-order valence-electron chi connectivity index (χ3n) is 5.00. The number of β-amino-alcohol motifs (C(OH)–C–C–N with tert-alkyl or cyclic N) is 1. The number of methoxy groups -OCH3 is 1. The Morgan fingerprint density at radius 3 is 2.50 bits per heavy atom. The van der Waals surface area contributed by atoms with Crippen LogP contribution in [0.1, 0.15) is 29.8 Å². The molecule has 0 radical (unpaired) electrons. The monoisotopic (exact) mass is 407 g/mol. The Bertz CT molecular complexity index is 999. The molecule has 0 saturated heterocycles. The molecule has 0 aliphatic carbocycles. The van der Waals surface area contributed by atoms with Crippen molar-refractivity contribution in [1.29, 1.82) is 0 Å². The van der Waals surface area contributed by atoms with E-state index in [1.54, 1.807) is 24.3 Å². The van der Waals surface area contributed by atoms with Crippen molar-refractivity contribution >= 4 is 16.7 Å². The fraction of sp³-hybridized carbons (Fsp3) is 0.320. The highest BCUT2D eigenvalue weighted by molar-refractivity contribution is 5.92. The minimum absolute atomic E-state index is 0.0765. The van der Waals surface area contributed by atoms with Crippen LogP contribution in [0.15, 0.2) is 66.7 Å². The fourth-order valence-corrected chi connectivity index (χ4v) is 3.43. The Morgan fingerprint density at radius 1 is 1.03 bits per heavy atom. The number of hydrogen-bond donors (Lipinski definition) is 2. The number of para-hydroxylation sites is 1. The summed E-state index contributed by atoms with van der Waals surface area (Å²) >= 11 is 0. The van der Waals surface area contributed by atoms with Crippen LogP contribution in [0.4, 0.5) is 0 Å². The van der Waals surface area contributed by atoms with Gasteiger partial charge in [-0.2, -0.15) is 0 Å². The van der Waals surface area contributed by atoms with Crippen molar-refractivity contribution in [3.8, 4) is 5.75 Å². The Kier molecular flexibility index (Phi) is 7.08. The fourth-order valence-electron chi connectivity index (χ4n) is 3.43. The molecule has 0 amide bonds. The topological polar surface area (TPSA) is 67.8 Å². The number of rotatable bonds is 9. The van der Waals surface area contributed by atoms with Crippen LogP contribution < -0.4 is 10.1 Å². The zero-order chi connectivity index (χ0) is 21.6. The van der Waals surface area contributed by atoms with Gasteiger partial charge in [0.15, 0.2) is 0 Å². The molecule has 0 aromatic heterocycles. The first kappa shape index (κ1) is 21.8. The summed E-state index contributed by atoms with van der Waals surface area (Å²) < 4.78 is 10.4. The van der Waals surface area contributed by atoms with Gasteiger partial charge in [-0.3, -0.25) is 0 Å². The van der Waals surface area contributed by atoms with E-state index >= 15 is 0 Å². The molecule has 0 bridgehead atoms. The van der Waals surface area contributed by atoms with E-state index in [2.05, 4.69) is 49.5 Å². The average Bonchev–Trinajstić information content (AvgIpc) is 2.75. The number of nitrogens with one attached hydrogen (secondary N) is 1. The van der Waals surface area contributed by atoms with Crippen LogP contribution >= 0.6 is 0 Å². The van der Waals surface area contributed by atoms with Gasteiger partial charge >= 0.3 is 5.97 Å². The molecule has 1 atom stereocenters. The maximum Gasteiger partial charge on any atom is 0.341 e. The number of ether oxygens (including phenoxy) is 2. The van der Waals surface area contributed by atoms with E-state index in [1.165, 1.54) is 23.4 Å². The summed E-state index contributed by atoms with van der Waals surface area (Å²) in [6.07, 6.45) is 0.114. The highest BCUT2D eigenvalue weighted by Crippen LogP contribution is 2.20. The predicted octanol–water partition coefficient (Wildman–Crippen LogP) is 3.98. The van der Waals surface area contributed by atoms with Crippen LogP contribution in [0, 0.1) is 0 Å². The van der Waals surface area contributed by atoms with Crippen LogP contribution in [-0.2, 0) is 11.2 Å². The van der Waals surface area contributed by atoms with E-state index in [1.807, 2.05) is 12.1 Å². The molecule has 3 aromatic carbocycles. The van der Waals surface area contributed by atoms with Gasteiger partial charge in [0.1, 0.15) is 24.0 Å². The molecular weight excluding hydrogens is 378 g/mol. The van der Waals surface area contributed by atoms with Crippen molar-refractivity contribution in [3.63, 3.8) is 0 Å². The Labute approximate surface area is 177 Å². The van der Waals surface area contributed by atoms with Gasteiger partial charge in [0.25, 0.3) is 0 Å². The molecule has 0 spiro atoms. The Hall–Kier alpha value is -2.89. The molecule has 30 heavy (non-hydrogen) atoms. The second-order valence-corrected chi connectivity index (χ2v) is 8.08. The van der Waals surface area contributed by atoms with Gasteiger partial charge in [-0.15, -0.1) is 0 Å². The Morgan fingerprint density at radius 2 is 1.73 bits per heavy atom. The summed E-state index contributed by atoms with van der Waals surface area (Å²) in [5.41, 5.74) is 1.38. The lowest BCUT2D eigenvalue weighted by molar-refractivity contribution is 0.0588. The predicted molar refractivity (Wildman–Crippen MR) is 119 cm³/mol. The van der Waals surface area contributed by atoms with E-state index in [0.29, 0.717) is 17.9 Å². The van der Waals surface area contributed by atoms with E-state index in [-0.39, 0.29) is 12.1 Å².